The van der Waals surface area contributed by atoms with Crippen molar-refractivity contribution in [2.75, 3.05) is 13.2 Å². The maximum Gasteiger partial charge on any atom is 0.200 e. The van der Waals surface area contributed by atoms with Crippen molar-refractivity contribution in [3.63, 3.8) is 0 Å². The fourth-order valence-corrected chi connectivity index (χ4v) is 11.4. The van der Waals surface area contributed by atoms with Gasteiger partial charge in [0, 0.05) is 5.92 Å². The van der Waals surface area contributed by atoms with Crippen LogP contribution in [0.25, 0.3) is 0 Å². The largest absolute Gasteiger partial charge is 0.413 e. The van der Waals surface area contributed by atoms with E-state index in [1.165, 1.54) is 0 Å². The van der Waals surface area contributed by atoms with Gasteiger partial charge in [0.1, 0.15) is 0 Å². The van der Waals surface area contributed by atoms with Crippen molar-refractivity contribution in [1.82, 2.24) is 0 Å². The molecular formula is C22H48O4Si2. The second-order valence-corrected chi connectivity index (χ2v) is 21.4. The fraction of sp³-hybridized carbons (Fsp3) is 1.00. The lowest BCUT2D eigenvalue weighted by molar-refractivity contribution is 0.0212. The Morgan fingerprint density at radius 1 is 0.964 bits per heavy atom. The smallest absolute Gasteiger partial charge is 0.200 e. The van der Waals surface area contributed by atoms with E-state index in [1.807, 2.05) is 0 Å². The molecule has 0 amide bonds. The molecule has 4 atom stereocenters. The van der Waals surface area contributed by atoms with E-state index in [2.05, 4.69) is 82.3 Å². The molecule has 1 N–H and O–H groups in total. The summed E-state index contributed by atoms with van der Waals surface area (Å²) in [5, 5.41) is 10.3. The highest BCUT2D eigenvalue weighted by molar-refractivity contribution is 6.77. The number of aliphatic hydroxyl groups is 1. The molecule has 0 spiro atoms. The third-order valence-corrected chi connectivity index (χ3v) is 17.9. The molecule has 0 radical (unpaired) electrons. The first-order chi connectivity index (χ1) is 12.6. The van der Waals surface area contributed by atoms with Crippen LogP contribution in [0.2, 0.25) is 34.8 Å². The van der Waals surface area contributed by atoms with Gasteiger partial charge < -0.3 is 18.7 Å². The molecule has 1 aliphatic heterocycles. The molecule has 0 bridgehead atoms. The highest BCUT2D eigenvalue weighted by atomic mass is 28.4. The molecule has 0 aliphatic carbocycles. The van der Waals surface area contributed by atoms with Gasteiger partial charge in [-0.05, 0) is 41.7 Å². The van der Waals surface area contributed by atoms with Crippen molar-refractivity contribution < 1.29 is 18.7 Å². The van der Waals surface area contributed by atoms with Gasteiger partial charge in [-0.3, -0.25) is 0 Å². The van der Waals surface area contributed by atoms with Crippen LogP contribution in [0.1, 0.15) is 69.2 Å². The maximum atomic E-state index is 10.2. The molecule has 0 unspecified atom stereocenters. The topological polar surface area (TPSA) is 51.2 Å². The number of hydrogen-bond acceptors (Lipinski definition) is 4. The lowest BCUT2D eigenvalue weighted by atomic mass is 9.98. The van der Waals surface area contributed by atoms with Crippen LogP contribution in [-0.2, 0) is 13.6 Å². The summed E-state index contributed by atoms with van der Waals surface area (Å²) < 4.78 is 19.5. The Morgan fingerprint density at radius 3 is 1.68 bits per heavy atom. The SMILES string of the molecule is CC(C)[Si](OC[C@H](O[Si](C)(C)C(C)(C)C)[C@@H](CO)[C@H]1O[C@@H]1C)(C(C)C)C(C)C. The number of aliphatic hydroxyl groups excluding tert-OH is 1. The summed E-state index contributed by atoms with van der Waals surface area (Å²) >= 11 is 0. The normalized spacial score (nSPS) is 23.6. The Labute approximate surface area is 177 Å². The molecule has 0 aromatic rings. The van der Waals surface area contributed by atoms with Crippen LogP contribution in [0, 0.1) is 5.92 Å². The molecule has 0 aromatic heterocycles. The standard InChI is InChI=1S/C22H48O4Si2/c1-15(2)28(16(3)4,17(5)6)24-14-20(19(13-23)21-18(7)25-21)26-27(11,12)22(8,9)10/h15-21,23H,13-14H2,1-12H3/t18-,19-,20+,21+/m1/s1. The predicted molar refractivity (Wildman–Crippen MR) is 124 cm³/mol. The molecule has 1 heterocycles. The zero-order valence-corrected chi connectivity index (χ0v) is 22.6. The Balaban J connectivity index is 3.14. The van der Waals surface area contributed by atoms with Crippen molar-refractivity contribution in [3.8, 4) is 0 Å². The predicted octanol–water partition coefficient (Wildman–Crippen LogP) is 5.96. The van der Waals surface area contributed by atoms with E-state index in [4.69, 9.17) is 13.6 Å². The summed E-state index contributed by atoms with van der Waals surface area (Å²) in [7, 11) is -3.98. The van der Waals surface area contributed by atoms with Gasteiger partial charge in [-0.25, -0.2) is 0 Å². The van der Waals surface area contributed by atoms with E-state index in [1.54, 1.807) is 0 Å². The van der Waals surface area contributed by atoms with Crippen LogP contribution >= 0.6 is 0 Å². The summed E-state index contributed by atoms with van der Waals surface area (Å²) in [5.41, 5.74) is 1.60. The fourth-order valence-electron chi connectivity index (χ4n) is 4.61. The van der Waals surface area contributed by atoms with Crippen LogP contribution in [-0.4, -0.2) is 53.3 Å². The van der Waals surface area contributed by atoms with Gasteiger partial charge in [0.05, 0.1) is 31.5 Å². The molecule has 0 saturated carbocycles. The molecule has 28 heavy (non-hydrogen) atoms. The van der Waals surface area contributed by atoms with Crippen LogP contribution in [0.5, 0.6) is 0 Å². The average molecular weight is 433 g/mol. The first-order valence-corrected chi connectivity index (χ1v) is 16.2. The van der Waals surface area contributed by atoms with Gasteiger partial charge >= 0.3 is 0 Å². The van der Waals surface area contributed by atoms with Crippen molar-refractivity contribution in [2.24, 2.45) is 5.92 Å². The van der Waals surface area contributed by atoms with Crippen LogP contribution < -0.4 is 0 Å². The van der Waals surface area contributed by atoms with E-state index in [0.717, 1.165) is 0 Å². The van der Waals surface area contributed by atoms with Crippen LogP contribution in [0.3, 0.4) is 0 Å². The van der Waals surface area contributed by atoms with Crippen LogP contribution in [0.15, 0.2) is 0 Å². The van der Waals surface area contributed by atoms with Crippen molar-refractivity contribution in [3.05, 3.63) is 0 Å². The molecule has 1 aliphatic rings. The Bertz CT molecular complexity index is 464. The molecule has 1 fully saturated rings. The summed E-state index contributed by atoms with van der Waals surface area (Å²) in [6.45, 7) is 27.9. The van der Waals surface area contributed by atoms with Crippen LogP contribution in [0.4, 0.5) is 0 Å². The van der Waals surface area contributed by atoms with Gasteiger partial charge in [0.25, 0.3) is 0 Å². The van der Waals surface area contributed by atoms with E-state index in [-0.39, 0.29) is 35.9 Å². The number of ether oxygens (including phenoxy) is 1. The van der Waals surface area contributed by atoms with E-state index >= 15 is 0 Å². The van der Waals surface area contributed by atoms with E-state index in [9.17, 15) is 5.11 Å². The highest BCUT2D eigenvalue weighted by Crippen LogP contribution is 2.44. The molecule has 1 rings (SSSR count). The monoisotopic (exact) mass is 432 g/mol. The molecule has 0 aromatic carbocycles. The summed E-state index contributed by atoms with van der Waals surface area (Å²) in [6, 6.07) is 0. The third kappa shape index (κ3) is 5.70. The number of epoxide rings is 1. The Hall–Kier alpha value is 0.274. The van der Waals surface area contributed by atoms with Gasteiger partial charge in [-0.2, -0.15) is 0 Å². The summed E-state index contributed by atoms with van der Waals surface area (Å²) in [6.07, 6.45) is 0.158. The minimum atomic E-state index is -2.00. The maximum absolute atomic E-state index is 10.2. The highest BCUT2D eigenvalue weighted by Gasteiger charge is 2.50. The third-order valence-electron chi connectivity index (χ3n) is 7.33. The Kier molecular flexibility index (Phi) is 9.02. The van der Waals surface area contributed by atoms with Gasteiger partial charge in [-0.1, -0.05) is 62.3 Å². The van der Waals surface area contributed by atoms with E-state index in [0.29, 0.717) is 23.2 Å². The minimum Gasteiger partial charge on any atom is -0.413 e. The lowest BCUT2D eigenvalue weighted by Gasteiger charge is -2.45. The van der Waals surface area contributed by atoms with Gasteiger partial charge in [-0.15, -0.1) is 0 Å². The number of rotatable bonds is 11. The Morgan fingerprint density at radius 2 is 1.39 bits per heavy atom. The average Bonchev–Trinajstić information content (AvgIpc) is 3.22. The molecule has 168 valence electrons. The van der Waals surface area contributed by atoms with Gasteiger partial charge in [0.2, 0.25) is 0 Å². The first-order valence-electron chi connectivity index (χ1n) is 11.2. The second kappa shape index (κ2) is 9.60. The van der Waals surface area contributed by atoms with Crippen molar-refractivity contribution >= 4 is 16.6 Å². The summed E-state index contributed by atoms with van der Waals surface area (Å²) in [5.74, 6) is -0.0256. The molecular weight excluding hydrogens is 384 g/mol. The van der Waals surface area contributed by atoms with Gasteiger partial charge in [0.15, 0.2) is 16.6 Å². The molecule has 4 nitrogen and oxygen atoms in total. The lowest BCUT2D eigenvalue weighted by Crippen LogP contribution is -2.53. The van der Waals surface area contributed by atoms with Crippen molar-refractivity contribution in [2.45, 2.75) is 122 Å². The second-order valence-electron chi connectivity index (χ2n) is 11.2. The number of hydrogen-bond donors (Lipinski definition) is 1. The zero-order valence-electron chi connectivity index (χ0n) is 20.6. The molecule has 1 saturated heterocycles. The zero-order chi connectivity index (χ0) is 22.1. The minimum absolute atomic E-state index is 0.0256. The van der Waals surface area contributed by atoms with Crippen molar-refractivity contribution in [1.29, 1.82) is 0 Å². The quantitative estimate of drug-likeness (QED) is 0.323. The first kappa shape index (κ1) is 26.3. The summed E-state index contributed by atoms with van der Waals surface area (Å²) in [4.78, 5) is 0. The molecule has 6 heteroatoms. The van der Waals surface area contributed by atoms with E-state index < -0.39 is 16.6 Å².